The van der Waals surface area contributed by atoms with Gasteiger partial charge in [0.05, 0.1) is 7.11 Å². The van der Waals surface area contributed by atoms with Gasteiger partial charge in [-0.2, -0.15) is 0 Å². The van der Waals surface area contributed by atoms with Crippen molar-refractivity contribution >= 4 is 5.91 Å². The second kappa shape index (κ2) is 7.32. The molecule has 0 unspecified atom stereocenters. The van der Waals surface area contributed by atoms with E-state index in [1.54, 1.807) is 7.11 Å². The zero-order chi connectivity index (χ0) is 14.4. The molecule has 0 radical (unpaired) electrons. The summed E-state index contributed by atoms with van der Waals surface area (Å²) in [6.45, 7) is 2.24. The molecule has 0 heterocycles. The molecule has 1 amide bonds. The van der Waals surface area contributed by atoms with Crippen LogP contribution >= 0.6 is 0 Å². The number of nitrogens with one attached hydrogen (secondary N) is 1. The summed E-state index contributed by atoms with van der Waals surface area (Å²) in [5.41, 5.74) is 1.18. The van der Waals surface area contributed by atoms with Gasteiger partial charge in [0.2, 0.25) is 5.91 Å². The number of rotatable bonds is 5. The van der Waals surface area contributed by atoms with Crippen molar-refractivity contribution in [2.24, 2.45) is 5.92 Å². The van der Waals surface area contributed by atoms with Crippen LogP contribution in [0.1, 0.15) is 44.6 Å². The Morgan fingerprint density at radius 3 is 2.60 bits per heavy atom. The van der Waals surface area contributed by atoms with Crippen molar-refractivity contribution in [1.82, 2.24) is 5.32 Å². The van der Waals surface area contributed by atoms with E-state index in [0.717, 1.165) is 18.6 Å². The number of carbonyl (C=O) groups is 1. The van der Waals surface area contributed by atoms with Crippen molar-refractivity contribution in [2.45, 2.75) is 51.5 Å². The molecule has 110 valence electrons. The minimum atomic E-state index is 0.180. The van der Waals surface area contributed by atoms with E-state index >= 15 is 0 Å². The van der Waals surface area contributed by atoms with Crippen molar-refractivity contribution in [2.75, 3.05) is 7.11 Å². The normalized spacial score (nSPS) is 22.3. The quantitative estimate of drug-likeness (QED) is 0.895. The van der Waals surface area contributed by atoms with Gasteiger partial charge in [-0.3, -0.25) is 4.79 Å². The topological polar surface area (TPSA) is 38.3 Å². The fourth-order valence-corrected chi connectivity index (χ4v) is 2.86. The van der Waals surface area contributed by atoms with Gasteiger partial charge in [-0.1, -0.05) is 31.9 Å². The second-order valence-corrected chi connectivity index (χ2v) is 5.78. The van der Waals surface area contributed by atoms with Crippen molar-refractivity contribution in [3.05, 3.63) is 29.8 Å². The van der Waals surface area contributed by atoms with Crippen LogP contribution in [0.5, 0.6) is 5.75 Å². The Morgan fingerprint density at radius 1 is 1.25 bits per heavy atom. The molecule has 3 nitrogen and oxygen atoms in total. The molecule has 1 saturated carbocycles. The third-order valence-corrected chi connectivity index (χ3v) is 4.26. The highest BCUT2D eigenvalue weighted by atomic mass is 16.5. The van der Waals surface area contributed by atoms with E-state index in [9.17, 15) is 4.79 Å². The van der Waals surface area contributed by atoms with E-state index < -0.39 is 0 Å². The lowest BCUT2D eigenvalue weighted by Crippen LogP contribution is -2.41. The standard InChI is InChI=1S/C17H25NO2/c1-13-5-3-4-6-16(13)18-17(19)12-9-14-7-10-15(20-2)11-8-14/h7-8,10-11,13,16H,3-6,9,12H2,1-2H3,(H,18,19)/t13-,16-/m1/s1. The Morgan fingerprint density at radius 2 is 1.95 bits per heavy atom. The van der Waals surface area contributed by atoms with Gasteiger partial charge in [-0.15, -0.1) is 0 Å². The van der Waals surface area contributed by atoms with Crippen molar-refractivity contribution in [3.63, 3.8) is 0 Å². The Hall–Kier alpha value is -1.51. The Bertz CT molecular complexity index is 427. The number of aryl methyl sites for hydroxylation is 1. The minimum absolute atomic E-state index is 0.180. The van der Waals surface area contributed by atoms with Crippen molar-refractivity contribution < 1.29 is 9.53 Å². The Kier molecular flexibility index (Phi) is 5.45. The van der Waals surface area contributed by atoms with Crippen LogP contribution < -0.4 is 10.1 Å². The maximum atomic E-state index is 12.0. The highest BCUT2D eigenvalue weighted by molar-refractivity contribution is 5.76. The average molecular weight is 275 g/mol. The van der Waals surface area contributed by atoms with Gasteiger partial charge in [-0.25, -0.2) is 0 Å². The van der Waals surface area contributed by atoms with Crippen molar-refractivity contribution in [1.29, 1.82) is 0 Å². The van der Waals surface area contributed by atoms with Crippen LogP contribution in [0.25, 0.3) is 0 Å². The fraction of sp³-hybridized carbons (Fsp3) is 0.588. The number of benzene rings is 1. The summed E-state index contributed by atoms with van der Waals surface area (Å²) in [5.74, 6) is 1.66. The average Bonchev–Trinajstić information content (AvgIpc) is 2.48. The number of carbonyl (C=O) groups excluding carboxylic acids is 1. The lowest BCUT2D eigenvalue weighted by atomic mass is 9.86. The first-order valence-electron chi connectivity index (χ1n) is 7.61. The van der Waals surface area contributed by atoms with Crippen LogP contribution in [0.3, 0.4) is 0 Å². The monoisotopic (exact) mass is 275 g/mol. The summed E-state index contributed by atoms with van der Waals surface area (Å²) < 4.78 is 5.13. The summed E-state index contributed by atoms with van der Waals surface area (Å²) in [4.78, 5) is 12.0. The smallest absolute Gasteiger partial charge is 0.220 e. The maximum Gasteiger partial charge on any atom is 0.220 e. The number of amides is 1. The van der Waals surface area contributed by atoms with E-state index in [-0.39, 0.29) is 5.91 Å². The van der Waals surface area contributed by atoms with Gasteiger partial charge in [0.15, 0.2) is 0 Å². The molecule has 2 rings (SSSR count). The van der Waals surface area contributed by atoms with E-state index in [1.165, 1.54) is 24.8 Å². The van der Waals surface area contributed by atoms with Crippen LogP contribution in [0.15, 0.2) is 24.3 Å². The first-order valence-corrected chi connectivity index (χ1v) is 7.61. The van der Waals surface area contributed by atoms with Crippen LogP contribution in [-0.4, -0.2) is 19.1 Å². The van der Waals surface area contributed by atoms with E-state index in [4.69, 9.17) is 4.74 Å². The van der Waals surface area contributed by atoms with Crippen LogP contribution in [0.2, 0.25) is 0 Å². The molecule has 2 atom stereocenters. The molecule has 1 aliphatic carbocycles. The van der Waals surface area contributed by atoms with Gasteiger partial charge >= 0.3 is 0 Å². The molecule has 0 spiro atoms. The van der Waals surface area contributed by atoms with Crippen LogP contribution in [0, 0.1) is 5.92 Å². The summed E-state index contributed by atoms with van der Waals surface area (Å²) in [6, 6.07) is 8.31. The predicted octanol–water partition coefficient (Wildman–Crippen LogP) is 3.32. The molecule has 1 fully saturated rings. The van der Waals surface area contributed by atoms with E-state index in [0.29, 0.717) is 18.4 Å². The number of ether oxygens (including phenoxy) is 1. The lowest BCUT2D eigenvalue weighted by molar-refractivity contribution is -0.122. The molecule has 0 saturated heterocycles. The number of hydrogen-bond acceptors (Lipinski definition) is 2. The molecule has 1 aromatic carbocycles. The van der Waals surface area contributed by atoms with Gasteiger partial charge < -0.3 is 10.1 Å². The molecular formula is C17H25NO2. The zero-order valence-electron chi connectivity index (χ0n) is 12.5. The Balaban J connectivity index is 1.76. The first kappa shape index (κ1) is 14.9. The highest BCUT2D eigenvalue weighted by Crippen LogP contribution is 2.23. The van der Waals surface area contributed by atoms with Crippen LogP contribution in [-0.2, 0) is 11.2 Å². The molecule has 0 aliphatic heterocycles. The zero-order valence-corrected chi connectivity index (χ0v) is 12.5. The molecular weight excluding hydrogens is 250 g/mol. The molecule has 0 bridgehead atoms. The lowest BCUT2D eigenvalue weighted by Gasteiger charge is -2.29. The first-order chi connectivity index (χ1) is 9.69. The summed E-state index contributed by atoms with van der Waals surface area (Å²) in [5, 5.41) is 3.20. The van der Waals surface area contributed by atoms with Gasteiger partial charge in [0.25, 0.3) is 0 Å². The molecule has 1 aromatic rings. The molecule has 3 heteroatoms. The third-order valence-electron chi connectivity index (χ3n) is 4.26. The molecule has 1 aliphatic rings. The van der Waals surface area contributed by atoms with E-state index in [1.807, 2.05) is 24.3 Å². The third kappa shape index (κ3) is 4.26. The predicted molar refractivity (Wildman–Crippen MR) is 80.9 cm³/mol. The largest absolute Gasteiger partial charge is 0.497 e. The molecule has 20 heavy (non-hydrogen) atoms. The SMILES string of the molecule is COc1ccc(CCC(=O)N[C@@H]2CCCC[C@H]2C)cc1. The Labute approximate surface area is 121 Å². The minimum Gasteiger partial charge on any atom is -0.497 e. The van der Waals surface area contributed by atoms with Crippen LogP contribution in [0.4, 0.5) is 0 Å². The van der Waals surface area contributed by atoms with Gasteiger partial charge in [0, 0.05) is 12.5 Å². The van der Waals surface area contributed by atoms with Crippen molar-refractivity contribution in [3.8, 4) is 5.75 Å². The number of hydrogen-bond donors (Lipinski definition) is 1. The second-order valence-electron chi connectivity index (χ2n) is 5.78. The summed E-state index contributed by atoms with van der Waals surface area (Å²) in [7, 11) is 1.66. The fourth-order valence-electron chi connectivity index (χ4n) is 2.86. The van der Waals surface area contributed by atoms with Gasteiger partial charge in [0.1, 0.15) is 5.75 Å². The molecule has 1 N–H and O–H groups in total. The highest BCUT2D eigenvalue weighted by Gasteiger charge is 2.22. The summed E-state index contributed by atoms with van der Waals surface area (Å²) in [6.07, 6.45) is 6.28. The molecule has 0 aromatic heterocycles. The van der Waals surface area contributed by atoms with Gasteiger partial charge in [-0.05, 0) is 42.9 Å². The number of methoxy groups -OCH3 is 1. The summed E-state index contributed by atoms with van der Waals surface area (Å²) >= 11 is 0. The van der Waals surface area contributed by atoms with E-state index in [2.05, 4.69) is 12.2 Å². The maximum absolute atomic E-state index is 12.0.